The van der Waals surface area contributed by atoms with Crippen LogP contribution in [0.1, 0.15) is 206 Å². The normalized spacial score (nSPS) is 12.2. The predicted molar refractivity (Wildman–Crippen MR) is 177 cm³/mol. The van der Waals surface area contributed by atoms with Crippen molar-refractivity contribution >= 4 is 11.9 Å². The molecule has 0 spiro atoms. The number of unbranched alkanes of at least 4 members (excludes halogenated alkanes) is 22. The quantitative estimate of drug-likeness (QED) is 0.0478. The van der Waals surface area contributed by atoms with Crippen LogP contribution in [0.3, 0.4) is 0 Å². The lowest BCUT2D eigenvalue weighted by atomic mass is 10.0. The Kier molecular flexibility index (Phi) is 32.1. The first-order valence-corrected chi connectivity index (χ1v) is 18.2. The van der Waals surface area contributed by atoms with Crippen molar-refractivity contribution in [1.82, 2.24) is 0 Å². The molecule has 0 bridgehead atoms. The molecule has 0 aliphatic heterocycles. The van der Waals surface area contributed by atoms with Gasteiger partial charge in [0.2, 0.25) is 0 Å². The predicted octanol–water partition coefficient (Wildman–Crippen LogP) is 12.3. The Labute approximate surface area is 255 Å². The Hall–Kier alpha value is -1.32. The molecule has 0 rings (SSSR count). The summed E-state index contributed by atoms with van der Waals surface area (Å²) < 4.78 is 6.01. The SMILES string of the molecule is CCCC/C=C\CCCCCCCCC(=O)OC(CCCCCCCCC)CCCCCCCCCCCC(=O)O. The summed E-state index contributed by atoms with van der Waals surface area (Å²) in [4.78, 5) is 23.2. The molecular formula is C37H70O4. The van der Waals surface area contributed by atoms with Crippen molar-refractivity contribution < 1.29 is 19.4 Å². The van der Waals surface area contributed by atoms with Gasteiger partial charge in [-0.2, -0.15) is 0 Å². The maximum atomic E-state index is 12.6. The highest BCUT2D eigenvalue weighted by atomic mass is 16.5. The molecule has 1 atom stereocenters. The van der Waals surface area contributed by atoms with Gasteiger partial charge in [-0.1, -0.05) is 148 Å². The molecule has 0 radical (unpaired) electrons. The lowest BCUT2D eigenvalue weighted by Crippen LogP contribution is -2.18. The summed E-state index contributed by atoms with van der Waals surface area (Å²) in [6.45, 7) is 4.51. The van der Waals surface area contributed by atoms with Gasteiger partial charge >= 0.3 is 11.9 Å². The van der Waals surface area contributed by atoms with Gasteiger partial charge in [-0.3, -0.25) is 9.59 Å². The second kappa shape index (κ2) is 33.2. The van der Waals surface area contributed by atoms with Crippen LogP contribution in [0.5, 0.6) is 0 Å². The van der Waals surface area contributed by atoms with E-state index in [-0.39, 0.29) is 12.1 Å². The van der Waals surface area contributed by atoms with Gasteiger partial charge in [0, 0.05) is 12.8 Å². The molecule has 0 amide bonds. The van der Waals surface area contributed by atoms with Crippen LogP contribution < -0.4 is 0 Å². The highest BCUT2D eigenvalue weighted by Crippen LogP contribution is 2.19. The smallest absolute Gasteiger partial charge is 0.306 e. The molecule has 0 aromatic rings. The van der Waals surface area contributed by atoms with E-state index in [4.69, 9.17) is 9.84 Å². The Morgan fingerprint density at radius 2 is 0.902 bits per heavy atom. The second-order valence-electron chi connectivity index (χ2n) is 12.4. The van der Waals surface area contributed by atoms with E-state index in [1.54, 1.807) is 0 Å². The third-order valence-electron chi connectivity index (χ3n) is 8.24. The number of ether oxygens (including phenoxy) is 1. The van der Waals surface area contributed by atoms with E-state index >= 15 is 0 Å². The molecule has 0 aromatic carbocycles. The van der Waals surface area contributed by atoms with Crippen molar-refractivity contribution in [2.75, 3.05) is 0 Å². The fourth-order valence-electron chi connectivity index (χ4n) is 5.52. The number of esters is 1. The Morgan fingerprint density at radius 1 is 0.512 bits per heavy atom. The molecule has 4 nitrogen and oxygen atoms in total. The van der Waals surface area contributed by atoms with E-state index in [2.05, 4.69) is 26.0 Å². The van der Waals surface area contributed by atoms with Crippen LogP contribution in [0.15, 0.2) is 12.2 Å². The molecule has 0 aliphatic carbocycles. The number of carboxylic acid groups (broad SMARTS) is 1. The van der Waals surface area contributed by atoms with Gasteiger partial charge in [0.15, 0.2) is 0 Å². The molecular weight excluding hydrogens is 508 g/mol. The van der Waals surface area contributed by atoms with E-state index in [0.717, 1.165) is 51.4 Å². The van der Waals surface area contributed by atoms with Crippen molar-refractivity contribution in [3.05, 3.63) is 12.2 Å². The molecule has 0 saturated carbocycles. The van der Waals surface area contributed by atoms with Crippen LogP contribution in [0.2, 0.25) is 0 Å². The van der Waals surface area contributed by atoms with E-state index in [1.807, 2.05) is 0 Å². The number of aliphatic carboxylic acids is 1. The number of allylic oxidation sites excluding steroid dienone is 2. The zero-order chi connectivity index (χ0) is 30.1. The van der Waals surface area contributed by atoms with Crippen LogP contribution in [-0.2, 0) is 14.3 Å². The van der Waals surface area contributed by atoms with Gasteiger partial charge in [0.05, 0.1) is 0 Å². The van der Waals surface area contributed by atoms with Crippen molar-refractivity contribution in [3.63, 3.8) is 0 Å². The molecule has 0 heterocycles. The maximum absolute atomic E-state index is 12.6. The van der Waals surface area contributed by atoms with Crippen molar-refractivity contribution in [3.8, 4) is 0 Å². The van der Waals surface area contributed by atoms with Crippen molar-refractivity contribution in [2.45, 2.75) is 213 Å². The largest absolute Gasteiger partial charge is 0.481 e. The molecule has 0 aromatic heterocycles. The van der Waals surface area contributed by atoms with Crippen LogP contribution in [0.4, 0.5) is 0 Å². The standard InChI is InChI=1S/C37H70O4/c1-3-5-7-9-11-12-13-14-18-22-26-30-34-37(40)41-35(31-27-23-19-10-8-6-4-2)32-28-24-20-16-15-17-21-25-29-33-36(38)39/h9,11,35H,3-8,10,12-34H2,1-2H3,(H,38,39)/b11-9-. The van der Waals surface area contributed by atoms with Gasteiger partial charge in [-0.15, -0.1) is 0 Å². The first kappa shape index (κ1) is 39.7. The topological polar surface area (TPSA) is 63.6 Å². The molecule has 0 fully saturated rings. The average Bonchev–Trinajstić information content (AvgIpc) is 2.95. The summed E-state index contributed by atoms with van der Waals surface area (Å²) in [5, 5.41) is 8.71. The summed E-state index contributed by atoms with van der Waals surface area (Å²) in [7, 11) is 0. The van der Waals surface area contributed by atoms with E-state index in [9.17, 15) is 9.59 Å². The summed E-state index contributed by atoms with van der Waals surface area (Å²) in [6, 6.07) is 0. The molecule has 0 saturated heterocycles. The van der Waals surface area contributed by atoms with Crippen LogP contribution in [0.25, 0.3) is 0 Å². The molecule has 41 heavy (non-hydrogen) atoms. The number of carbonyl (C=O) groups is 2. The fourth-order valence-corrected chi connectivity index (χ4v) is 5.52. The molecule has 1 unspecified atom stereocenters. The minimum absolute atomic E-state index is 0.0260. The van der Waals surface area contributed by atoms with Crippen molar-refractivity contribution in [1.29, 1.82) is 0 Å². The lowest BCUT2D eigenvalue weighted by molar-refractivity contribution is -0.150. The third kappa shape index (κ3) is 33.1. The minimum atomic E-state index is -0.677. The Bertz CT molecular complexity index is 585. The number of rotatable bonds is 33. The van der Waals surface area contributed by atoms with Gasteiger partial charge in [-0.25, -0.2) is 0 Å². The zero-order valence-corrected chi connectivity index (χ0v) is 27.6. The van der Waals surface area contributed by atoms with Gasteiger partial charge in [0.1, 0.15) is 6.10 Å². The highest BCUT2D eigenvalue weighted by molar-refractivity contribution is 5.69. The average molecular weight is 579 g/mol. The Morgan fingerprint density at radius 3 is 1.39 bits per heavy atom. The first-order valence-electron chi connectivity index (χ1n) is 18.2. The van der Waals surface area contributed by atoms with Crippen LogP contribution >= 0.6 is 0 Å². The minimum Gasteiger partial charge on any atom is -0.481 e. The third-order valence-corrected chi connectivity index (χ3v) is 8.24. The Balaban J connectivity index is 4.01. The number of hydrogen-bond acceptors (Lipinski definition) is 3. The zero-order valence-electron chi connectivity index (χ0n) is 27.6. The summed E-state index contributed by atoms with van der Waals surface area (Å²) in [6.07, 6.45) is 39.4. The summed E-state index contributed by atoms with van der Waals surface area (Å²) >= 11 is 0. The van der Waals surface area contributed by atoms with E-state index < -0.39 is 5.97 Å². The van der Waals surface area contributed by atoms with Gasteiger partial charge in [0.25, 0.3) is 0 Å². The fraction of sp³-hybridized carbons (Fsp3) is 0.892. The molecule has 1 N–H and O–H groups in total. The van der Waals surface area contributed by atoms with Crippen molar-refractivity contribution in [2.24, 2.45) is 0 Å². The van der Waals surface area contributed by atoms with E-state index in [1.165, 1.54) is 128 Å². The summed E-state index contributed by atoms with van der Waals surface area (Å²) in [5.41, 5.74) is 0. The lowest BCUT2D eigenvalue weighted by Gasteiger charge is -2.18. The molecule has 4 heteroatoms. The van der Waals surface area contributed by atoms with Gasteiger partial charge < -0.3 is 9.84 Å². The second-order valence-corrected chi connectivity index (χ2v) is 12.4. The highest BCUT2D eigenvalue weighted by Gasteiger charge is 2.14. The number of hydrogen-bond donors (Lipinski definition) is 1. The maximum Gasteiger partial charge on any atom is 0.306 e. The van der Waals surface area contributed by atoms with Gasteiger partial charge in [-0.05, 0) is 57.8 Å². The monoisotopic (exact) mass is 579 g/mol. The summed E-state index contributed by atoms with van der Waals surface area (Å²) in [5.74, 6) is -0.651. The van der Waals surface area contributed by atoms with Crippen LogP contribution in [0, 0.1) is 0 Å². The van der Waals surface area contributed by atoms with E-state index in [0.29, 0.717) is 12.8 Å². The molecule has 242 valence electrons. The first-order chi connectivity index (χ1) is 20.1. The number of carbonyl (C=O) groups excluding carboxylic acids is 1. The molecule has 0 aliphatic rings. The number of carboxylic acids is 1. The van der Waals surface area contributed by atoms with Crippen LogP contribution in [-0.4, -0.2) is 23.1 Å².